The van der Waals surface area contributed by atoms with Crippen molar-refractivity contribution in [1.82, 2.24) is 9.97 Å². The van der Waals surface area contributed by atoms with Gasteiger partial charge in [-0.2, -0.15) is 0 Å². The summed E-state index contributed by atoms with van der Waals surface area (Å²) in [6, 6.07) is 0. The Balaban J connectivity index is 2.82. The summed E-state index contributed by atoms with van der Waals surface area (Å²) in [4.78, 5) is 20.7. The standard InChI is InChI=1S/C17H27N3O2/c1-7-8-9-12(2)15-16(20-13(3)10-18-15)19-11-14(21)22-17(4,5)6/h8-10,12H,7,11H2,1-6H3,(H,19,20)/b9-8+. The molecule has 0 fully saturated rings. The number of hydrogen-bond acceptors (Lipinski definition) is 5. The van der Waals surface area contributed by atoms with Gasteiger partial charge in [-0.05, 0) is 34.1 Å². The summed E-state index contributed by atoms with van der Waals surface area (Å²) in [5.41, 5.74) is 1.15. The summed E-state index contributed by atoms with van der Waals surface area (Å²) in [5, 5.41) is 3.05. The molecule has 122 valence electrons. The van der Waals surface area contributed by atoms with Crippen molar-refractivity contribution < 1.29 is 9.53 Å². The van der Waals surface area contributed by atoms with Crippen molar-refractivity contribution in [2.24, 2.45) is 0 Å². The first-order valence-electron chi connectivity index (χ1n) is 7.69. The molecule has 1 aromatic heterocycles. The molecular formula is C17H27N3O2. The van der Waals surface area contributed by atoms with Crippen LogP contribution >= 0.6 is 0 Å². The summed E-state index contributed by atoms with van der Waals surface area (Å²) >= 11 is 0. The second kappa shape index (κ2) is 7.92. The lowest BCUT2D eigenvalue weighted by Crippen LogP contribution is -2.28. The van der Waals surface area contributed by atoms with Crippen molar-refractivity contribution in [3.05, 3.63) is 29.7 Å². The molecule has 22 heavy (non-hydrogen) atoms. The van der Waals surface area contributed by atoms with E-state index in [-0.39, 0.29) is 18.4 Å². The number of hydrogen-bond donors (Lipinski definition) is 1. The molecule has 1 aromatic rings. The van der Waals surface area contributed by atoms with Crippen LogP contribution in [0.15, 0.2) is 18.3 Å². The van der Waals surface area contributed by atoms with Crippen molar-refractivity contribution in [3.63, 3.8) is 0 Å². The molecule has 1 unspecified atom stereocenters. The first-order valence-corrected chi connectivity index (χ1v) is 7.69. The number of rotatable bonds is 6. The normalized spacial score (nSPS) is 13.2. The lowest BCUT2D eigenvalue weighted by atomic mass is 10.1. The van der Waals surface area contributed by atoms with E-state index in [1.54, 1.807) is 6.20 Å². The number of nitrogens with one attached hydrogen (secondary N) is 1. The number of carbonyl (C=O) groups excluding carboxylic acids is 1. The van der Waals surface area contributed by atoms with Crippen LogP contribution < -0.4 is 5.32 Å². The third-order valence-electron chi connectivity index (χ3n) is 2.83. The largest absolute Gasteiger partial charge is 0.459 e. The van der Waals surface area contributed by atoms with E-state index >= 15 is 0 Å². The molecule has 0 saturated carbocycles. The maximum Gasteiger partial charge on any atom is 0.325 e. The molecule has 0 spiro atoms. The zero-order valence-corrected chi connectivity index (χ0v) is 14.4. The van der Waals surface area contributed by atoms with Crippen molar-refractivity contribution in [2.75, 3.05) is 11.9 Å². The van der Waals surface area contributed by atoms with Crippen molar-refractivity contribution in [1.29, 1.82) is 0 Å². The third-order valence-corrected chi connectivity index (χ3v) is 2.83. The fourth-order valence-electron chi connectivity index (χ4n) is 1.91. The fourth-order valence-corrected chi connectivity index (χ4v) is 1.91. The fraction of sp³-hybridized carbons (Fsp3) is 0.588. The summed E-state index contributed by atoms with van der Waals surface area (Å²) in [7, 11) is 0. The molecule has 1 heterocycles. The quantitative estimate of drug-likeness (QED) is 0.642. The monoisotopic (exact) mass is 305 g/mol. The van der Waals surface area contributed by atoms with Gasteiger partial charge in [0.1, 0.15) is 18.0 Å². The molecule has 5 nitrogen and oxygen atoms in total. The minimum Gasteiger partial charge on any atom is -0.459 e. The van der Waals surface area contributed by atoms with Crippen LogP contribution in [-0.4, -0.2) is 28.1 Å². The smallest absolute Gasteiger partial charge is 0.325 e. The van der Waals surface area contributed by atoms with Gasteiger partial charge in [-0.25, -0.2) is 4.98 Å². The number of esters is 1. The number of aromatic nitrogens is 2. The van der Waals surface area contributed by atoms with Gasteiger partial charge in [0.05, 0.1) is 11.4 Å². The Hall–Kier alpha value is -1.91. The number of allylic oxidation sites excluding steroid dienone is 2. The number of anilines is 1. The van der Waals surface area contributed by atoms with Gasteiger partial charge in [-0.15, -0.1) is 0 Å². The van der Waals surface area contributed by atoms with Crippen LogP contribution in [0.1, 0.15) is 58.3 Å². The van der Waals surface area contributed by atoms with Gasteiger partial charge in [0.25, 0.3) is 0 Å². The summed E-state index contributed by atoms with van der Waals surface area (Å²) in [6.45, 7) is 11.6. The van der Waals surface area contributed by atoms with E-state index < -0.39 is 5.60 Å². The number of carbonyl (C=O) groups is 1. The van der Waals surface area contributed by atoms with Crippen LogP contribution in [0.5, 0.6) is 0 Å². The first kappa shape index (κ1) is 18.1. The van der Waals surface area contributed by atoms with E-state index in [1.165, 1.54) is 0 Å². The molecule has 0 aliphatic heterocycles. The van der Waals surface area contributed by atoms with E-state index in [2.05, 4.69) is 41.3 Å². The van der Waals surface area contributed by atoms with Crippen LogP contribution in [0, 0.1) is 6.92 Å². The Morgan fingerprint density at radius 2 is 2.14 bits per heavy atom. The van der Waals surface area contributed by atoms with E-state index in [9.17, 15) is 4.79 Å². The Bertz CT molecular complexity index is 533. The van der Waals surface area contributed by atoms with Gasteiger partial charge in [0, 0.05) is 12.1 Å². The van der Waals surface area contributed by atoms with Gasteiger partial charge in [0.15, 0.2) is 0 Å². The Morgan fingerprint density at radius 1 is 1.45 bits per heavy atom. The highest BCUT2D eigenvalue weighted by molar-refractivity contribution is 5.75. The summed E-state index contributed by atoms with van der Waals surface area (Å²) < 4.78 is 5.29. The Morgan fingerprint density at radius 3 is 2.73 bits per heavy atom. The van der Waals surface area contributed by atoms with E-state index in [0.29, 0.717) is 5.82 Å². The number of nitrogens with zero attached hydrogens (tertiary/aromatic N) is 2. The minimum atomic E-state index is -0.489. The molecule has 1 rings (SSSR count). The molecule has 0 bridgehead atoms. The maximum absolute atomic E-state index is 11.8. The summed E-state index contributed by atoms with van der Waals surface area (Å²) in [5.74, 6) is 0.465. The predicted molar refractivity (Wildman–Crippen MR) is 88.9 cm³/mol. The molecule has 0 amide bonds. The van der Waals surface area contributed by atoms with Crippen molar-refractivity contribution in [3.8, 4) is 0 Å². The maximum atomic E-state index is 11.8. The minimum absolute atomic E-state index is 0.0760. The van der Waals surface area contributed by atoms with Gasteiger partial charge in [0.2, 0.25) is 0 Å². The molecule has 0 aromatic carbocycles. The van der Waals surface area contributed by atoms with Gasteiger partial charge in [-0.1, -0.05) is 26.0 Å². The number of aryl methyl sites for hydroxylation is 1. The lowest BCUT2D eigenvalue weighted by molar-refractivity contribution is -0.152. The molecule has 5 heteroatoms. The second-order valence-electron chi connectivity index (χ2n) is 6.31. The highest BCUT2D eigenvalue weighted by Gasteiger charge is 2.17. The molecule has 1 N–H and O–H groups in total. The van der Waals surface area contributed by atoms with E-state index in [4.69, 9.17) is 4.74 Å². The highest BCUT2D eigenvalue weighted by atomic mass is 16.6. The lowest BCUT2D eigenvalue weighted by Gasteiger charge is -2.20. The molecule has 0 aliphatic carbocycles. The van der Waals surface area contributed by atoms with Crippen LogP contribution in [-0.2, 0) is 9.53 Å². The van der Waals surface area contributed by atoms with Gasteiger partial charge in [-0.3, -0.25) is 9.78 Å². The molecular weight excluding hydrogens is 278 g/mol. The second-order valence-corrected chi connectivity index (χ2v) is 6.31. The SMILES string of the molecule is CC/C=C/C(C)c1ncc(C)nc1NCC(=O)OC(C)(C)C. The summed E-state index contributed by atoms with van der Waals surface area (Å²) in [6.07, 6.45) is 6.91. The highest BCUT2D eigenvalue weighted by Crippen LogP contribution is 2.22. The van der Waals surface area contributed by atoms with Crippen molar-refractivity contribution in [2.45, 2.75) is 59.5 Å². The van der Waals surface area contributed by atoms with E-state index in [0.717, 1.165) is 17.8 Å². The van der Waals surface area contributed by atoms with E-state index in [1.807, 2.05) is 27.7 Å². The molecule has 0 aliphatic rings. The van der Waals surface area contributed by atoms with Crippen LogP contribution in [0.2, 0.25) is 0 Å². The molecule has 1 atom stereocenters. The Kier molecular flexibility index (Phi) is 6.53. The zero-order chi connectivity index (χ0) is 16.8. The molecule has 0 radical (unpaired) electrons. The number of ether oxygens (including phenoxy) is 1. The average Bonchev–Trinajstić information content (AvgIpc) is 2.40. The third kappa shape index (κ3) is 6.24. The Labute approximate surface area is 133 Å². The topological polar surface area (TPSA) is 64.1 Å². The van der Waals surface area contributed by atoms with Crippen molar-refractivity contribution >= 4 is 11.8 Å². The predicted octanol–water partition coefficient (Wildman–Crippen LogP) is 3.61. The van der Waals surface area contributed by atoms with Gasteiger partial charge >= 0.3 is 5.97 Å². The van der Waals surface area contributed by atoms with Crippen LogP contribution in [0.4, 0.5) is 5.82 Å². The first-order chi connectivity index (χ1) is 10.2. The van der Waals surface area contributed by atoms with Crippen LogP contribution in [0.25, 0.3) is 0 Å². The average molecular weight is 305 g/mol. The van der Waals surface area contributed by atoms with Gasteiger partial charge < -0.3 is 10.1 Å². The van der Waals surface area contributed by atoms with Crippen LogP contribution in [0.3, 0.4) is 0 Å². The zero-order valence-electron chi connectivity index (χ0n) is 14.4. The molecule has 0 saturated heterocycles.